The molecule has 1 atom stereocenters. The summed E-state index contributed by atoms with van der Waals surface area (Å²) < 4.78 is 5.68. The van der Waals surface area contributed by atoms with Crippen LogP contribution in [0, 0.1) is 6.92 Å². The number of hydrogen-bond acceptors (Lipinski definition) is 6. The average molecular weight is 465 g/mol. The van der Waals surface area contributed by atoms with E-state index in [1.807, 2.05) is 42.6 Å². The highest BCUT2D eigenvalue weighted by atomic mass is 32.1. The molecule has 3 aromatic rings. The van der Waals surface area contributed by atoms with Crippen LogP contribution in [0.2, 0.25) is 0 Å². The first-order chi connectivity index (χ1) is 15.8. The molecule has 0 aliphatic carbocycles. The van der Waals surface area contributed by atoms with Gasteiger partial charge in [0.05, 0.1) is 10.7 Å². The Bertz CT molecular complexity index is 1160. The maximum Gasteiger partial charge on any atom is 0.344 e. The fraction of sp³-hybridized carbons (Fsp3) is 0.250. The normalized spacial score (nSPS) is 17.7. The highest BCUT2D eigenvalue weighted by molar-refractivity contribution is 7.09. The van der Waals surface area contributed by atoms with Gasteiger partial charge in [-0.25, -0.2) is 9.78 Å². The summed E-state index contributed by atoms with van der Waals surface area (Å²) in [6.45, 7) is 3.93. The van der Waals surface area contributed by atoms with Crippen LogP contribution >= 0.6 is 11.3 Å². The fourth-order valence-electron chi connectivity index (χ4n) is 3.49. The third kappa shape index (κ3) is 5.20. The highest BCUT2D eigenvalue weighted by Crippen LogP contribution is 2.23. The Hall–Kier alpha value is -3.72. The van der Waals surface area contributed by atoms with Crippen LogP contribution in [0.4, 0.5) is 4.79 Å². The summed E-state index contributed by atoms with van der Waals surface area (Å²) in [4.78, 5) is 42.3. The maximum atomic E-state index is 12.9. The van der Waals surface area contributed by atoms with Gasteiger partial charge in [0, 0.05) is 10.9 Å². The number of nitrogens with one attached hydrogen (secondary N) is 2. The third-order valence-corrected chi connectivity index (χ3v) is 6.22. The van der Waals surface area contributed by atoms with Crippen LogP contribution in [0.25, 0.3) is 0 Å². The minimum Gasteiger partial charge on any atom is -0.487 e. The zero-order chi connectivity index (χ0) is 23.4. The van der Waals surface area contributed by atoms with Gasteiger partial charge in [0.15, 0.2) is 0 Å². The zero-order valence-corrected chi connectivity index (χ0v) is 19.1. The first kappa shape index (κ1) is 22.5. The van der Waals surface area contributed by atoms with Gasteiger partial charge in [-0.2, -0.15) is 5.01 Å². The van der Waals surface area contributed by atoms with E-state index in [-0.39, 0.29) is 0 Å². The second-order valence-corrected chi connectivity index (χ2v) is 9.06. The lowest BCUT2D eigenvalue weighted by Crippen LogP contribution is -2.48. The first-order valence-electron chi connectivity index (χ1n) is 10.5. The SMILES string of the molecule is Cc1nc(COc2ccc(C(=O)NN3C(=O)N[C@](C)(CCc4ccccc4)C3=O)cc2)cs1. The number of nitrogens with zero attached hydrogens (tertiary/aromatic N) is 2. The van der Waals surface area contributed by atoms with Crippen molar-refractivity contribution in [2.24, 2.45) is 0 Å². The summed E-state index contributed by atoms with van der Waals surface area (Å²) in [5.41, 5.74) is 3.52. The van der Waals surface area contributed by atoms with Gasteiger partial charge in [0.2, 0.25) is 0 Å². The van der Waals surface area contributed by atoms with Crippen molar-refractivity contribution in [1.82, 2.24) is 20.7 Å². The Kier molecular flexibility index (Phi) is 6.41. The number of imide groups is 1. The number of thiazole rings is 1. The topological polar surface area (TPSA) is 101 Å². The molecule has 1 aromatic heterocycles. The molecule has 2 heterocycles. The number of hydrazine groups is 1. The maximum absolute atomic E-state index is 12.9. The summed E-state index contributed by atoms with van der Waals surface area (Å²) in [6, 6.07) is 15.5. The molecular formula is C24H24N4O4S. The molecule has 0 bridgehead atoms. The summed E-state index contributed by atoms with van der Waals surface area (Å²) in [5, 5.41) is 6.35. The molecule has 1 aliphatic rings. The van der Waals surface area contributed by atoms with Crippen molar-refractivity contribution in [3.05, 3.63) is 81.8 Å². The number of rotatable bonds is 8. The lowest BCUT2D eigenvalue weighted by molar-refractivity contribution is -0.132. The molecular weight excluding hydrogens is 440 g/mol. The number of hydrogen-bond donors (Lipinski definition) is 2. The number of urea groups is 1. The number of aromatic nitrogens is 1. The molecule has 4 amide bonds. The second kappa shape index (κ2) is 9.41. The van der Waals surface area contributed by atoms with Crippen molar-refractivity contribution in [2.75, 3.05) is 0 Å². The molecule has 170 valence electrons. The quantitative estimate of drug-likeness (QED) is 0.496. The van der Waals surface area contributed by atoms with E-state index in [1.54, 1.807) is 42.5 Å². The zero-order valence-electron chi connectivity index (χ0n) is 18.3. The van der Waals surface area contributed by atoms with Gasteiger partial charge in [-0.3, -0.25) is 15.0 Å². The van der Waals surface area contributed by atoms with Crippen molar-refractivity contribution >= 4 is 29.2 Å². The van der Waals surface area contributed by atoms with E-state index in [0.717, 1.165) is 21.3 Å². The van der Waals surface area contributed by atoms with Crippen LogP contribution in [-0.4, -0.2) is 33.4 Å². The fourth-order valence-corrected chi connectivity index (χ4v) is 4.09. The molecule has 1 aliphatic heterocycles. The molecule has 0 radical (unpaired) electrons. The number of amides is 4. The largest absolute Gasteiger partial charge is 0.487 e. The molecule has 0 saturated carbocycles. The third-order valence-electron chi connectivity index (χ3n) is 5.40. The molecule has 0 spiro atoms. The second-order valence-electron chi connectivity index (χ2n) is 8.00. The van der Waals surface area contributed by atoms with Crippen LogP contribution < -0.4 is 15.5 Å². The van der Waals surface area contributed by atoms with Crippen LogP contribution in [0.3, 0.4) is 0 Å². The van der Waals surface area contributed by atoms with Crippen LogP contribution in [0.15, 0.2) is 60.0 Å². The Morgan fingerprint density at radius 2 is 1.88 bits per heavy atom. The summed E-state index contributed by atoms with van der Waals surface area (Å²) in [7, 11) is 0. The molecule has 4 rings (SSSR count). The highest BCUT2D eigenvalue weighted by Gasteiger charge is 2.48. The van der Waals surface area contributed by atoms with E-state index in [1.165, 1.54) is 0 Å². The molecule has 0 unspecified atom stereocenters. The summed E-state index contributed by atoms with van der Waals surface area (Å²) >= 11 is 1.55. The van der Waals surface area contributed by atoms with Gasteiger partial charge >= 0.3 is 6.03 Å². The predicted octanol–water partition coefficient (Wildman–Crippen LogP) is 3.62. The van der Waals surface area contributed by atoms with E-state index >= 15 is 0 Å². The lowest BCUT2D eigenvalue weighted by atomic mass is 9.93. The Morgan fingerprint density at radius 3 is 2.55 bits per heavy atom. The average Bonchev–Trinajstić information content (AvgIpc) is 3.33. The van der Waals surface area contributed by atoms with Crippen LogP contribution in [-0.2, 0) is 17.8 Å². The number of benzene rings is 2. The molecule has 1 saturated heterocycles. The summed E-state index contributed by atoms with van der Waals surface area (Å²) in [6.07, 6.45) is 1.03. The van der Waals surface area contributed by atoms with Crippen molar-refractivity contribution < 1.29 is 19.1 Å². The Labute approximate surface area is 195 Å². The monoisotopic (exact) mass is 464 g/mol. The van der Waals surface area contributed by atoms with Gasteiger partial charge < -0.3 is 10.1 Å². The first-order valence-corrected chi connectivity index (χ1v) is 11.4. The van der Waals surface area contributed by atoms with Gasteiger partial charge in [-0.1, -0.05) is 30.3 Å². The van der Waals surface area contributed by atoms with Crippen molar-refractivity contribution in [3.63, 3.8) is 0 Å². The van der Waals surface area contributed by atoms with E-state index < -0.39 is 23.4 Å². The molecule has 2 aromatic carbocycles. The van der Waals surface area contributed by atoms with Crippen molar-refractivity contribution in [2.45, 2.75) is 38.8 Å². The van der Waals surface area contributed by atoms with Gasteiger partial charge in [0.1, 0.15) is 17.9 Å². The number of carbonyl (C=O) groups is 3. The predicted molar refractivity (Wildman–Crippen MR) is 124 cm³/mol. The molecule has 33 heavy (non-hydrogen) atoms. The van der Waals surface area contributed by atoms with Crippen molar-refractivity contribution in [3.8, 4) is 5.75 Å². The van der Waals surface area contributed by atoms with Crippen molar-refractivity contribution in [1.29, 1.82) is 0 Å². The molecule has 8 nitrogen and oxygen atoms in total. The molecule has 2 N–H and O–H groups in total. The smallest absolute Gasteiger partial charge is 0.344 e. The van der Waals surface area contributed by atoms with E-state index in [2.05, 4.69) is 15.7 Å². The standard InChI is InChI=1S/C24H24N4O4S/c1-16-25-19(15-33-16)14-32-20-10-8-18(9-11-20)21(29)27-28-22(30)24(2,26-23(28)31)13-12-17-6-4-3-5-7-17/h3-11,15H,12-14H2,1-2H3,(H,26,31)(H,27,29)/t24-/m1/s1. The minimum atomic E-state index is -1.09. The van der Waals surface area contributed by atoms with Gasteiger partial charge in [-0.15, -0.1) is 11.3 Å². The van der Waals surface area contributed by atoms with E-state index in [9.17, 15) is 14.4 Å². The van der Waals surface area contributed by atoms with Gasteiger partial charge in [-0.05, 0) is 56.5 Å². The minimum absolute atomic E-state index is 0.297. The van der Waals surface area contributed by atoms with Crippen LogP contribution in [0.1, 0.15) is 40.0 Å². The lowest BCUT2D eigenvalue weighted by Gasteiger charge is -2.21. The van der Waals surface area contributed by atoms with Crippen LogP contribution in [0.5, 0.6) is 5.75 Å². The number of carbonyl (C=O) groups excluding carboxylic acids is 3. The van der Waals surface area contributed by atoms with Gasteiger partial charge in [0.25, 0.3) is 11.8 Å². The van der Waals surface area contributed by atoms with E-state index in [4.69, 9.17) is 4.74 Å². The number of aryl methyl sites for hydroxylation is 2. The van der Waals surface area contributed by atoms with E-state index in [0.29, 0.717) is 30.8 Å². The summed E-state index contributed by atoms with van der Waals surface area (Å²) in [5.74, 6) is -0.469. The number of ether oxygens (including phenoxy) is 1. The molecule has 1 fully saturated rings. The Balaban J connectivity index is 1.34. The molecule has 9 heteroatoms. The Morgan fingerprint density at radius 1 is 1.15 bits per heavy atom.